The van der Waals surface area contributed by atoms with Crippen molar-refractivity contribution < 1.29 is 4.79 Å². The first kappa shape index (κ1) is 13.8. The SMILES string of the molecule is CC(C1CC1)N(C)C(=O)c1cc(NN)nc2ccccc12. The average Bonchev–Trinajstić information content (AvgIpc) is 3.36. The number of fused-ring (bicyclic) bond motifs is 1. The fourth-order valence-electron chi connectivity index (χ4n) is 2.70. The number of hydrogen-bond donors (Lipinski definition) is 2. The van der Waals surface area contributed by atoms with Crippen molar-refractivity contribution in [1.29, 1.82) is 0 Å². The van der Waals surface area contributed by atoms with Gasteiger partial charge < -0.3 is 10.3 Å². The van der Waals surface area contributed by atoms with Gasteiger partial charge in [0.05, 0.1) is 11.1 Å². The molecule has 0 radical (unpaired) electrons. The molecule has 1 heterocycles. The molecule has 5 nitrogen and oxygen atoms in total. The summed E-state index contributed by atoms with van der Waals surface area (Å²) in [5.74, 6) is 6.63. The molecule has 0 bridgehead atoms. The van der Waals surface area contributed by atoms with Crippen molar-refractivity contribution in [3.05, 3.63) is 35.9 Å². The highest BCUT2D eigenvalue weighted by molar-refractivity contribution is 6.07. The van der Waals surface area contributed by atoms with Gasteiger partial charge in [0, 0.05) is 18.5 Å². The van der Waals surface area contributed by atoms with Gasteiger partial charge in [0.2, 0.25) is 0 Å². The van der Waals surface area contributed by atoms with Crippen LogP contribution in [-0.4, -0.2) is 28.9 Å². The normalized spacial score (nSPS) is 15.8. The summed E-state index contributed by atoms with van der Waals surface area (Å²) in [4.78, 5) is 19.0. The number of benzene rings is 1. The van der Waals surface area contributed by atoms with E-state index in [9.17, 15) is 4.79 Å². The highest BCUT2D eigenvalue weighted by atomic mass is 16.2. The van der Waals surface area contributed by atoms with Gasteiger partial charge in [-0.1, -0.05) is 18.2 Å². The van der Waals surface area contributed by atoms with Crippen molar-refractivity contribution in [3.8, 4) is 0 Å². The third-order valence-corrected chi connectivity index (χ3v) is 4.33. The van der Waals surface area contributed by atoms with E-state index in [2.05, 4.69) is 17.3 Å². The van der Waals surface area contributed by atoms with E-state index < -0.39 is 0 Å². The van der Waals surface area contributed by atoms with Crippen LogP contribution in [0.3, 0.4) is 0 Å². The topological polar surface area (TPSA) is 71.2 Å². The van der Waals surface area contributed by atoms with E-state index in [4.69, 9.17) is 5.84 Å². The highest BCUT2D eigenvalue weighted by Crippen LogP contribution is 2.35. The minimum Gasteiger partial charge on any atom is -0.339 e. The van der Waals surface area contributed by atoms with E-state index in [0.29, 0.717) is 17.3 Å². The van der Waals surface area contributed by atoms with Crippen molar-refractivity contribution in [3.63, 3.8) is 0 Å². The van der Waals surface area contributed by atoms with Gasteiger partial charge >= 0.3 is 0 Å². The zero-order chi connectivity index (χ0) is 15.0. The van der Waals surface area contributed by atoms with Crippen molar-refractivity contribution >= 4 is 22.6 Å². The number of hydrogen-bond acceptors (Lipinski definition) is 4. The first-order chi connectivity index (χ1) is 10.1. The lowest BCUT2D eigenvalue weighted by Gasteiger charge is -2.25. The lowest BCUT2D eigenvalue weighted by molar-refractivity contribution is 0.0729. The largest absolute Gasteiger partial charge is 0.339 e. The van der Waals surface area contributed by atoms with Gasteiger partial charge in [-0.2, -0.15) is 0 Å². The predicted octanol–water partition coefficient (Wildman–Crippen LogP) is 2.39. The van der Waals surface area contributed by atoms with Gasteiger partial charge in [-0.05, 0) is 37.8 Å². The van der Waals surface area contributed by atoms with E-state index in [-0.39, 0.29) is 11.9 Å². The molecule has 1 fully saturated rings. The monoisotopic (exact) mass is 284 g/mol. The van der Waals surface area contributed by atoms with E-state index in [1.807, 2.05) is 36.2 Å². The lowest BCUT2D eigenvalue weighted by Crippen LogP contribution is -2.36. The summed E-state index contributed by atoms with van der Waals surface area (Å²) < 4.78 is 0. The summed E-state index contributed by atoms with van der Waals surface area (Å²) in [6.45, 7) is 2.11. The number of nitrogen functional groups attached to an aromatic ring is 1. The van der Waals surface area contributed by atoms with E-state index >= 15 is 0 Å². The fourth-order valence-corrected chi connectivity index (χ4v) is 2.70. The fraction of sp³-hybridized carbons (Fsp3) is 0.375. The molecule has 21 heavy (non-hydrogen) atoms. The van der Waals surface area contributed by atoms with Crippen LogP contribution in [0, 0.1) is 5.92 Å². The molecule has 3 rings (SSSR count). The molecule has 1 atom stereocenters. The molecule has 0 aliphatic heterocycles. The molecule has 1 aromatic carbocycles. The molecule has 2 aromatic rings. The number of anilines is 1. The number of carbonyl (C=O) groups excluding carboxylic acids is 1. The number of amides is 1. The number of pyridine rings is 1. The predicted molar refractivity (Wildman–Crippen MR) is 83.8 cm³/mol. The number of nitrogens with two attached hydrogens (primary N) is 1. The maximum atomic E-state index is 12.8. The molecule has 110 valence electrons. The van der Waals surface area contributed by atoms with Crippen molar-refractivity contribution in [1.82, 2.24) is 9.88 Å². The Hall–Kier alpha value is -2.14. The van der Waals surface area contributed by atoms with E-state index in [1.165, 1.54) is 12.8 Å². The second-order valence-corrected chi connectivity index (χ2v) is 5.71. The Morgan fingerprint density at radius 3 is 2.81 bits per heavy atom. The lowest BCUT2D eigenvalue weighted by atomic mass is 10.1. The van der Waals surface area contributed by atoms with E-state index in [1.54, 1.807) is 6.07 Å². The van der Waals surface area contributed by atoms with Crippen LogP contribution in [0.25, 0.3) is 10.9 Å². The average molecular weight is 284 g/mol. The van der Waals surface area contributed by atoms with Crippen LogP contribution >= 0.6 is 0 Å². The Kier molecular flexibility index (Phi) is 3.51. The molecule has 1 aliphatic carbocycles. The molecular formula is C16H20N4O. The second-order valence-electron chi connectivity index (χ2n) is 5.71. The smallest absolute Gasteiger partial charge is 0.254 e. The van der Waals surface area contributed by atoms with Gasteiger partial charge in [0.1, 0.15) is 5.82 Å². The van der Waals surface area contributed by atoms with Crippen LogP contribution in [0.4, 0.5) is 5.82 Å². The first-order valence-electron chi connectivity index (χ1n) is 7.25. The van der Waals surface area contributed by atoms with Crippen LogP contribution in [0.1, 0.15) is 30.1 Å². The molecule has 0 spiro atoms. The number of carbonyl (C=O) groups is 1. The van der Waals surface area contributed by atoms with Crippen LogP contribution in [0.2, 0.25) is 0 Å². The number of nitrogens with zero attached hydrogens (tertiary/aromatic N) is 2. The van der Waals surface area contributed by atoms with Crippen molar-refractivity contribution in [2.45, 2.75) is 25.8 Å². The number of para-hydroxylation sites is 1. The molecule has 1 amide bonds. The van der Waals surface area contributed by atoms with Gasteiger partial charge in [0.25, 0.3) is 5.91 Å². The standard InChI is InChI=1S/C16H20N4O/c1-10(11-7-8-11)20(2)16(21)13-9-15(19-17)18-14-6-4-3-5-12(13)14/h3-6,9-11H,7-8,17H2,1-2H3,(H,18,19). The number of rotatable bonds is 4. The molecule has 1 aliphatic rings. The molecule has 1 saturated carbocycles. The highest BCUT2D eigenvalue weighted by Gasteiger charge is 2.33. The number of hydrazine groups is 1. The Morgan fingerprint density at radius 2 is 2.14 bits per heavy atom. The molecule has 1 unspecified atom stereocenters. The molecule has 0 saturated heterocycles. The summed E-state index contributed by atoms with van der Waals surface area (Å²) in [5, 5.41) is 0.858. The van der Waals surface area contributed by atoms with Crippen molar-refractivity contribution in [2.24, 2.45) is 11.8 Å². The maximum Gasteiger partial charge on any atom is 0.254 e. The summed E-state index contributed by atoms with van der Waals surface area (Å²) in [7, 11) is 1.87. The molecular weight excluding hydrogens is 264 g/mol. The Bertz CT molecular complexity index is 681. The number of nitrogens with one attached hydrogen (secondary N) is 1. The van der Waals surface area contributed by atoms with Crippen molar-refractivity contribution in [2.75, 3.05) is 12.5 Å². The summed E-state index contributed by atoms with van der Waals surface area (Å²) in [6.07, 6.45) is 2.43. The van der Waals surface area contributed by atoms with Crippen LogP contribution in [-0.2, 0) is 0 Å². The zero-order valence-corrected chi connectivity index (χ0v) is 12.3. The Balaban J connectivity index is 2.03. The van der Waals surface area contributed by atoms with Gasteiger partial charge in [-0.15, -0.1) is 0 Å². The van der Waals surface area contributed by atoms with E-state index in [0.717, 1.165) is 10.9 Å². The maximum absolute atomic E-state index is 12.8. The first-order valence-corrected chi connectivity index (χ1v) is 7.25. The minimum atomic E-state index is 0.0181. The minimum absolute atomic E-state index is 0.0181. The summed E-state index contributed by atoms with van der Waals surface area (Å²) in [6, 6.07) is 9.61. The second kappa shape index (κ2) is 5.33. The third kappa shape index (κ3) is 2.56. The van der Waals surface area contributed by atoms with Crippen LogP contribution < -0.4 is 11.3 Å². The van der Waals surface area contributed by atoms with Gasteiger partial charge in [0.15, 0.2) is 0 Å². The Labute approximate surface area is 124 Å². The summed E-state index contributed by atoms with van der Waals surface area (Å²) >= 11 is 0. The quantitative estimate of drug-likeness (QED) is 0.668. The zero-order valence-electron chi connectivity index (χ0n) is 12.3. The number of aromatic nitrogens is 1. The van der Waals surface area contributed by atoms with Crippen LogP contribution in [0.5, 0.6) is 0 Å². The van der Waals surface area contributed by atoms with Gasteiger partial charge in [-0.25, -0.2) is 10.8 Å². The van der Waals surface area contributed by atoms with Gasteiger partial charge in [-0.3, -0.25) is 4.79 Å². The summed E-state index contributed by atoms with van der Waals surface area (Å²) in [5.41, 5.74) is 3.95. The van der Waals surface area contributed by atoms with Crippen LogP contribution in [0.15, 0.2) is 30.3 Å². The molecule has 3 N–H and O–H groups in total. The molecule has 1 aromatic heterocycles. The Morgan fingerprint density at radius 1 is 1.43 bits per heavy atom. The molecule has 5 heteroatoms. The third-order valence-electron chi connectivity index (χ3n) is 4.33.